The fourth-order valence-corrected chi connectivity index (χ4v) is 2.87. The second kappa shape index (κ2) is 5.01. The maximum atomic E-state index is 12.9. The summed E-state index contributed by atoms with van der Waals surface area (Å²) in [5.41, 5.74) is 0.937. The Morgan fingerprint density at radius 3 is 2.72 bits per heavy atom. The summed E-state index contributed by atoms with van der Waals surface area (Å²) in [5, 5.41) is 20.1. The monoisotopic (exact) mass is 332 g/mol. The molecule has 4 rings (SSSR count). The van der Waals surface area contributed by atoms with Gasteiger partial charge in [0.25, 0.3) is 5.56 Å². The Hall–Kier alpha value is -3.99. The zero-order valence-electron chi connectivity index (χ0n) is 12.5. The van der Waals surface area contributed by atoms with Crippen molar-refractivity contribution in [2.45, 2.75) is 0 Å². The molecular weight excluding hydrogens is 324 g/mol. The molecule has 8 nitrogen and oxygen atoms in total. The number of carbonyl (C=O) groups is 2. The fraction of sp³-hybridized carbons (Fsp3) is 0. The third-order valence-electron chi connectivity index (χ3n) is 3.93. The highest BCUT2D eigenvalue weighted by Crippen LogP contribution is 2.27. The number of carboxylic acid groups (broad SMARTS) is 1. The largest absolute Gasteiger partial charge is 0.465 e. The van der Waals surface area contributed by atoms with Gasteiger partial charge in [-0.1, -0.05) is 0 Å². The lowest BCUT2D eigenvalue weighted by Gasteiger charge is -2.07. The maximum absolute atomic E-state index is 12.9. The van der Waals surface area contributed by atoms with Crippen LogP contribution in [0.2, 0.25) is 0 Å². The highest BCUT2D eigenvalue weighted by atomic mass is 16.4. The first kappa shape index (κ1) is 14.6. The molecule has 0 saturated heterocycles. The average molecular weight is 332 g/mol. The second-order valence-corrected chi connectivity index (χ2v) is 5.41. The van der Waals surface area contributed by atoms with Crippen LogP contribution >= 0.6 is 0 Å². The summed E-state index contributed by atoms with van der Waals surface area (Å²) < 4.78 is 1.19. The van der Waals surface area contributed by atoms with E-state index in [-0.39, 0.29) is 28.0 Å². The fourth-order valence-electron chi connectivity index (χ4n) is 2.87. The van der Waals surface area contributed by atoms with Crippen LogP contribution in [0.5, 0.6) is 0 Å². The Balaban J connectivity index is 2.01. The molecule has 0 atom stereocenters. The van der Waals surface area contributed by atoms with E-state index in [1.165, 1.54) is 41.0 Å². The molecular formula is C17H8N4O4. The molecule has 1 amide bonds. The van der Waals surface area contributed by atoms with Crippen LogP contribution in [-0.2, 0) is 0 Å². The minimum atomic E-state index is -1.25. The minimum absolute atomic E-state index is 0.0264. The first-order valence-electron chi connectivity index (χ1n) is 7.15. The number of nitrogens with zero attached hydrogens (tertiary/aromatic N) is 3. The van der Waals surface area contributed by atoms with Gasteiger partial charge in [-0.05, 0) is 36.4 Å². The molecule has 25 heavy (non-hydrogen) atoms. The molecule has 0 fully saturated rings. The lowest BCUT2D eigenvalue weighted by atomic mass is 10.1. The summed E-state index contributed by atoms with van der Waals surface area (Å²) in [6.07, 6.45) is -1.25. The van der Waals surface area contributed by atoms with Crippen LogP contribution in [0.15, 0.2) is 41.2 Å². The molecule has 0 aliphatic carbocycles. The predicted molar refractivity (Wildman–Crippen MR) is 87.1 cm³/mol. The minimum Gasteiger partial charge on any atom is -0.465 e. The number of amides is 1. The van der Waals surface area contributed by atoms with Crippen molar-refractivity contribution >= 4 is 28.5 Å². The Bertz CT molecular complexity index is 1200. The van der Waals surface area contributed by atoms with Gasteiger partial charge >= 0.3 is 6.09 Å². The highest BCUT2D eigenvalue weighted by molar-refractivity contribution is 6.13. The Labute approximate surface area is 139 Å². The molecule has 0 spiro atoms. The van der Waals surface area contributed by atoms with Crippen LogP contribution in [0.25, 0.3) is 16.6 Å². The van der Waals surface area contributed by atoms with Crippen molar-refractivity contribution in [1.29, 1.82) is 5.26 Å². The molecule has 3 aromatic rings. The number of hydrogen-bond donors (Lipinski definition) is 2. The second-order valence-electron chi connectivity index (χ2n) is 5.41. The third-order valence-corrected chi connectivity index (χ3v) is 3.93. The SMILES string of the molecule is N#Cc1ccc2c(c1)C(=O)c1nc3ccc(NC(=O)O)cc3c(=O)n1-2. The van der Waals surface area contributed by atoms with Crippen molar-refractivity contribution in [3.63, 3.8) is 0 Å². The van der Waals surface area contributed by atoms with Gasteiger partial charge in [-0.15, -0.1) is 0 Å². The van der Waals surface area contributed by atoms with E-state index in [2.05, 4.69) is 10.3 Å². The molecule has 8 heteroatoms. The Morgan fingerprint density at radius 1 is 1.20 bits per heavy atom. The van der Waals surface area contributed by atoms with Gasteiger partial charge < -0.3 is 5.11 Å². The van der Waals surface area contributed by atoms with Gasteiger partial charge in [-0.25, -0.2) is 9.78 Å². The van der Waals surface area contributed by atoms with E-state index in [0.29, 0.717) is 11.3 Å². The average Bonchev–Trinajstić information content (AvgIpc) is 2.87. The summed E-state index contributed by atoms with van der Waals surface area (Å²) in [7, 11) is 0. The molecule has 0 bridgehead atoms. The van der Waals surface area contributed by atoms with E-state index >= 15 is 0 Å². The number of carbonyl (C=O) groups excluding carboxylic acids is 1. The number of fused-ring (bicyclic) bond motifs is 4. The summed E-state index contributed by atoms with van der Waals surface area (Å²) in [5.74, 6) is -0.458. The Kier molecular flexibility index (Phi) is 2.92. The van der Waals surface area contributed by atoms with Gasteiger partial charge in [0.1, 0.15) is 0 Å². The molecule has 1 aromatic heterocycles. The van der Waals surface area contributed by atoms with E-state index in [1.807, 2.05) is 6.07 Å². The van der Waals surface area contributed by atoms with Crippen LogP contribution in [0.4, 0.5) is 10.5 Å². The van der Waals surface area contributed by atoms with E-state index in [1.54, 1.807) is 0 Å². The van der Waals surface area contributed by atoms with Gasteiger partial charge in [0.05, 0.1) is 33.8 Å². The standard InChI is InChI=1S/C17H8N4O4/c18-7-8-1-4-13-11(5-8)14(22)15-20-12-3-2-9(19-17(24)25)6-10(12)16(23)21(13)15/h1-6,19H,(H,24,25). The lowest BCUT2D eigenvalue weighted by molar-refractivity contribution is 0.103. The molecule has 0 unspecified atom stereocenters. The van der Waals surface area contributed by atoms with Crippen molar-refractivity contribution in [1.82, 2.24) is 9.55 Å². The third kappa shape index (κ3) is 2.07. The van der Waals surface area contributed by atoms with Crippen LogP contribution in [0.3, 0.4) is 0 Å². The molecule has 0 saturated carbocycles. The summed E-state index contributed by atoms with van der Waals surface area (Å²) in [6.45, 7) is 0. The van der Waals surface area contributed by atoms with Gasteiger partial charge in [0, 0.05) is 5.69 Å². The van der Waals surface area contributed by atoms with E-state index in [9.17, 15) is 14.4 Å². The number of anilines is 1. The smallest absolute Gasteiger partial charge is 0.409 e. The summed E-state index contributed by atoms with van der Waals surface area (Å²) in [4.78, 5) is 40.4. The van der Waals surface area contributed by atoms with Crippen LogP contribution in [0, 0.1) is 11.3 Å². The number of nitrogens with one attached hydrogen (secondary N) is 1. The van der Waals surface area contributed by atoms with Crippen molar-refractivity contribution in [3.8, 4) is 11.8 Å². The predicted octanol–water partition coefficient (Wildman–Crippen LogP) is 1.89. The Morgan fingerprint density at radius 2 is 2.00 bits per heavy atom. The number of benzene rings is 2. The van der Waals surface area contributed by atoms with Crippen molar-refractivity contribution in [3.05, 3.63) is 63.7 Å². The number of ketones is 1. The zero-order chi connectivity index (χ0) is 17.7. The molecule has 120 valence electrons. The lowest BCUT2D eigenvalue weighted by Crippen LogP contribution is -2.21. The van der Waals surface area contributed by atoms with Crippen molar-refractivity contribution < 1.29 is 14.7 Å². The molecule has 2 aromatic carbocycles. The first-order chi connectivity index (χ1) is 12.0. The van der Waals surface area contributed by atoms with Crippen molar-refractivity contribution in [2.24, 2.45) is 0 Å². The maximum Gasteiger partial charge on any atom is 0.409 e. The summed E-state index contributed by atoms with van der Waals surface area (Å²) in [6, 6.07) is 10.7. The van der Waals surface area contributed by atoms with E-state index in [4.69, 9.17) is 10.4 Å². The van der Waals surface area contributed by atoms with Crippen molar-refractivity contribution in [2.75, 3.05) is 5.32 Å². The van der Waals surface area contributed by atoms with E-state index in [0.717, 1.165) is 0 Å². The zero-order valence-corrected chi connectivity index (χ0v) is 12.5. The number of nitriles is 1. The van der Waals surface area contributed by atoms with Gasteiger partial charge in [0.2, 0.25) is 5.78 Å². The first-order valence-corrected chi connectivity index (χ1v) is 7.15. The van der Waals surface area contributed by atoms with Crippen LogP contribution < -0.4 is 10.9 Å². The molecule has 2 heterocycles. The topological polar surface area (TPSA) is 125 Å². The number of hydrogen-bond acceptors (Lipinski definition) is 5. The van der Waals surface area contributed by atoms with E-state index < -0.39 is 17.4 Å². The molecule has 1 aliphatic rings. The normalized spacial score (nSPS) is 11.7. The summed E-state index contributed by atoms with van der Waals surface area (Å²) >= 11 is 0. The molecule has 2 N–H and O–H groups in total. The van der Waals surface area contributed by atoms with Gasteiger partial charge in [-0.3, -0.25) is 19.5 Å². The molecule has 0 radical (unpaired) electrons. The number of aromatic nitrogens is 2. The highest BCUT2D eigenvalue weighted by Gasteiger charge is 2.30. The van der Waals surface area contributed by atoms with Gasteiger partial charge in [0.15, 0.2) is 5.82 Å². The van der Waals surface area contributed by atoms with Gasteiger partial charge in [-0.2, -0.15) is 5.26 Å². The van der Waals surface area contributed by atoms with Crippen LogP contribution in [0.1, 0.15) is 21.7 Å². The number of rotatable bonds is 1. The molecule has 1 aliphatic heterocycles. The quantitative estimate of drug-likeness (QED) is 0.548. The van der Waals surface area contributed by atoms with Crippen LogP contribution in [-0.4, -0.2) is 26.5 Å².